The third-order valence-corrected chi connectivity index (χ3v) is 5.69. The van der Waals surface area contributed by atoms with Crippen molar-refractivity contribution in [1.29, 1.82) is 0 Å². The highest BCUT2D eigenvalue weighted by Crippen LogP contribution is 2.36. The summed E-state index contributed by atoms with van der Waals surface area (Å²) in [7, 11) is 0. The number of rotatable bonds is 4. The molecule has 2 aromatic carbocycles. The summed E-state index contributed by atoms with van der Waals surface area (Å²) in [6.45, 7) is 0.124. The zero-order chi connectivity index (χ0) is 19.8. The molecule has 3 aromatic rings. The SMILES string of the molecule is O=c1sc(C=C2C=Nc3ccc(Br)cc32)c(O)n1Cc1ccc([N+](=O)[O-])cc1. The highest BCUT2D eigenvalue weighted by Gasteiger charge is 2.17. The molecular weight excluding hydrogens is 446 g/mol. The van der Waals surface area contributed by atoms with Crippen molar-refractivity contribution in [3.63, 3.8) is 0 Å². The summed E-state index contributed by atoms with van der Waals surface area (Å²) >= 11 is 4.37. The number of nitrogens with zero attached hydrogens (tertiary/aromatic N) is 3. The molecule has 2 heterocycles. The third-order valence-electron chi connectivity index (χ3n) is 4.28. The average Bonchev–Trinajstić information content (AvgIpc) is 3.18. The number of nitro groups is 1. The van der Waals surface area contributed by atoms with E-state index in [-0.39, 0.29) is 23.0 Å². The molecule has 0 bridgehead atoms. The minimum Gasteiger partial charge on any atom is -0.493 e. The van der Waals surface area contributed by atoms with Gasteiger partial charge in [-0.15, -0.1) is 0 Å². The molecular formula is C19H12BrN3O4S. The molecule has 140 valence electrons. The summed E-state index contributed by atoms with van der Waals surface area (Å²) in [6, 6.07) is 11.6. The van der Waals surface area contributed by atoms with E-state index in [4.69, 9.17) is 0 Å². The van der Waals surface area contributed by atoms with Crippen LogP contribution in [0.2, 0.25) is 0 Å². The van der Waals surface area contributed by atoms with Crippen molar-refractivity contribution in [2.75, 3.05) is 0 Å². The van der Waals surface area contributed by atoms with Crippen molar-refractivity contribution in [3.8, 4) is 5.88 Å². The van der Waals surface area contributed by atoms with Crippen LogP contribution in [0.5, 0.6) is 5.88 Å². The van der Waals surface area contributed by atoms with Crippen LogP contribution in [0.15, 0.2) is 56.7 Å². The number of aromatic hydroxyl groups is 1. The number of nitro benzene ring substituents is 1. The molecule has 0 saturated carbocycles. The molecule has 0 saturated heterocycles. The summed E-state index contributed by atoms with van der Waals surface area (Å²) in [4.78, 5) is 27.1. The van der Waals surface area contributed by atoms with E-state index >= 15 is 0 Å². The van der Waals surface area contributed by atoms with Crippen molar-refractivity contribution >= 4 is 56.5 Å². The van der Waals surface area contributed by atoms with Crippen molar-refractivity contribution in [2.45, 2.75) is 6.54 Å². The minimum atomic E-state index is -0.484. The number of hydrogen-bond donors (Lipinski definition) is 1. The third kappa shape index (κ3) is 3.41. The van der Waals surface area contributed by atoms with E-state index in [2.05, 4.69) is 20.9 Å². The van der Waals surface area contributed by atoms with E-state index in [9.17, 15) is 20.0 Å². The maximum atomic E-state index is 12.4. The van der Waals surface area contributed by atoms with Gasteiger partial charge in [0, 0.05) is 34.0 Å². The number of thiazole rings is 1. The van der Waals surface area contributed by atoms with Crippen LogP contribution in [0.3, 0.4) is 0 Å². The lowest BCUT2D eigenvalue weighted by molar-refractivity contribution is -0.384. The van der Waals surface area contributed by atoms with Gasteiger partial charge in [-0.1, -0.05) is 39.4 Å². The fourth-order valence-electron chi connectivity index (χ4n) is 2.87. The van der Waals surface area contributed by atoms with Gasteiger partial charge in [-0.3, -0.25) is 24.5 Å². The van der Waals surface area contributed by atoms with Gasteiger partial charge in [0.15, 0.2) is 0 Å². The monoisotopic (exact) mass is 457 g/mol. The first-order chi connectivity index (χ1) is 13.4. The van der Waals surface area contributed by atoms with Crippen molar-refractivity contribution < 1.29 is 10.0 Å². The quantitative estimate of drug-likeness (QED) is 0.457. The molecule has 0 aliphatic carbocycles. The Morgan fingerprint density at radius 1 is 1.25 bits per heavy atom. The second kappa shape index (κ2) is 7.17. The molecule has 4 rings (SSSR count). The predicted octanol–water partition coefficient (Wildman–Crippen LogP) is 4.59. The molecule has 0 spiro atoms. The van der Waals surface area contributed by atoms with Crippen LogP contribution < -0.4 is 4.87 Å². The molecule has 0 atom stereocenters. The number of benzene rings is 2. The number of aromatic nitrogens is 1. The molecule has 1 N–H and O–H groups in total. The fraction of sp³-hybridized carbons (Fsp3) is 0.0526. The zero-order valence-corrected chi connectivity index (χ0v) is 16.6. The molecule has 0 fully saturated rings. The lowest BCUT2D eigenvalue weighted by Crippen LogP contribution is -2.13. The number of aliphatic imine (C=N–C) groups is 1. The van der Waals surface area contributed by atoms with Crippen LogP contribution in [0.4, 0.5) is 11.4 Å². The normalized spacial score (nSPS) is 13.8. The zero-order valence-electron chi connectivity index (χ0n) is 14.2. The Bertz CT molecular complexity index is 1210. The van der Waals surface area contributed by atoms with Gasteiger partial charge in [-0.25, -0.2) is 0 Å². The van der Waals surface area contributed by atoms with Gasteiger partial charge < -0.3 is 5.11 Å². The van der Waals surface area contributed by atoms with Gasteiger partial charge in [0.25, 0.3) is 5.69 Å². The van der Waals surface area contributed by atoms with Crippen LogP contribution in [0, 0.1) is 10.1 Å². The van der Waals surface area contributed by atoms with Crippen molar-refractivity contribution in [3.05, 3.63) is 82.7 Å². The molecule has 0 unspecified atom stereocenters. The lowest BCUT2D eigenvalue weighted by atomic mass is 10.1. The molecule has 1 aliphatic rings. The first-order valence-corrected chi connectivity index (χ1v) is 9.75. The van der Waals surface area contributed by atoms with E-state index < -0.39 is 4.92 Å². The van der Waals surface area contributed by atoms with Crippen LogP contribution in [-0.2, 0) is 6.54 Å². The van der Waals surface area contributed by atoms with E-state index in [1.54, 1.807) is 24.4 Å². The first kappa shape index (κ1) is 18.3. The smallest absolute Gasteiger partial charge is 0.310 e. The second-order valence-electron chi connectivity index (χ2n) is 6.08. The molecule has 28 heavy (non-hydrogen) atoms. The largest absolute Gasteiger partial charge is 0.493 e. The molecule has 0 amide bonds. The number of halogens is 1. The van der Waals surface area contributed by atoms with Gasteiger partial charge in [0.05, 0.1) is 22.0 Å². The first-order valence-electron chi connectivity index (χ1n) is 8.14. The van der Waals surface area contributed by atoms with Gasteiger partial charge in [0.1, 0.15) is 0 Å². The van der Waals surface area contributed by atoms with Crippen LogP contribution in [0.1, 0.15) is 16.0 Å². The Kier molecular flexibility index (Phi) is 4.70. The molecule has 9 heteroatoms. The summed E-state index contributed by atoms with van der Waals surface area (Å²) in [5, 5.41) is 21.3. The number of hydrogen-bond acceptors (Lipinski definition) is 6. The van der Waals surface area contributed by atoms with Crippen LogP contribution in [-0.4, -0.2) is 20.8 Å². The van der Waals surface area contributed by atoms with Gasteiger partial charge in [-0.05, 0) is 29.8 Å². The summed E-state index contributed by atoms with van der Waals surface area (Å²) < 4.78 is 2.15. The van der Waals surface area contributed by atoms with Gasteiger partial charge in [-0.2, -0.15) is 0 Å². The number of fused-ring (bicyclic) bond motifs is 1. The van der Waals surface area contributed by atoms with E-state index in [1.165, 1.54) is 16.7 Å². The number of allylic oxidation sites excluding steroid dienone is 1. The highest BCUT2D eigenvalue weighted by atomic mass is 79.9. The Balaban J connectivity index is 1.66. The Labute approximate surface area is 171 Å². The minimum absolute atomic E-state index is 0.0265. The van der Waals surface area contributed by atoms with Crippen molar-refractivity contribution in [1.82, 2.24) is 4.57 Å². The topological polar surface area (TPSA) is 97.7 Å². The van der Waals surface area contributed by atoms with E-state index in [0.717, 1.165) is 32.6 Å². The van der Waals surface area contributed by atoms with E-state index in [1.807, 2.05) is 18.2 Å². The molecule has 0 radical (unpaired) electrons. The summed E-state index contributed by atoms with van der Waals surface area (Å²) in [6.07, 6.45) is 3.43. The van der Waals surface area contributed by atoms with Crippen LogP contribution >= 0.6 is 27.3 Å². The maximum absolute atomic E-state index is 12.4. The number of non-ortho nitro benzene ring substituents is 1. The standard InChI is InChI=1S/C19H12BrN3O4S/c20-13-3-6-16-15(8-13)12(9-21-16)7-17-18(24)22(19(25)28-17)10-11-1-4-14(5-2-11)23(26)27/h1-9,24H,10H2. The summed E-state index contributed by atoms with van der Waals surface area (Å²) in [5.74, 6) is -0.141. The molecule has 7 nitrogen and oxygen atoms in total. The van der Waals surface area contributed by atoms with Crippen LogP contribution in [0.25, 0.3) is 11.6 Å². The fourth-order valence-corrected chi connectivity index (χ4v) is 4.07. The van der Waals surface area contributed by atoms with Gasteiger partial charge in [0.2, 0.25) is 5.88 Å². The summed E-state index contributed by atoms with van der Waals surface area (Å²) in [5.41, 5.74) is 3.19. The highest BCUT2D eigenvalue weighted by molar-refractivity contribution is 9.10. The Morgan fingerprint density at radius 3 is 2.71 bits per heavy atom. The average molecular weight is 458 g/mol. The molecule has 1 aromatic heterocycles. The van der Waals surface area contributed by atoms with Gasteiger partial charge >= 0.3 is 4.87 Å². The Morgan fingerprint density at radius 2 is 2.00 bits per heavy atom. The molecule has 1 aliphatic heterocycles. The lowest BCUT2D eigenvalue weighted by Gasteiger charge is -2.04. The Hall–Kier alpha value is -3.04. The maximum Gasteiger partial charge on any atom is 0.310 e. The van der Waals surface area contributed by atoms with Crippen molar-refractivity contribution in [2.24, 2.45) is 4.99 Å². The van der Waals surface area contributed by atoms with E-state index in [0.29, 0.717) is 10.4 Å². The second-order valence-corrected chi connectivity index (χ2v) is 7.99. The predicted molar refractivity (Wildman–Crippen MR) is 113 cm³/mol.